The largest absolute Gasteiger partial charge is 0.493 e. The summed E-state index contributed by atoms with van der Waals surface area (Å²) in [5, 5.41) is 6.47. The highest BCUT2D eigenvalue weighted by Crippen LogP contribution is 2.23. The predicted molar refractivity (Wildman–Crippen MR) is 167 cm³/mol. The van der Waals surface area contributed by atoms with Gasteiger partial charge < -0.3 is 25.0 Å². The normalized spacial score (nSPS) is 15.0. The van der Waals surface area contributed by atoms with Crippen molar-refractivity contribution in [1.82, 2.24) is 15.5 Å². The van der Waals surface area contributed by atoms with Crippen LogP contribution in [-0.2, 0) is 29.1 Å². The fourth-order valence-electron chi connectivity index (χ4n) is 5.20. The van der Waals surface area contributed by atoms with Crippen molar-refractivity contribution in [2.75, 3.05) is 26.3 Å². The maximum atomic E-state index is 13.5. The number of aryl methyl sites for hydroxylation is 2. The smallest absolute Gasteiger partial charge is 0.261 e. The summed E-state index contributed by atoms with van der Waals surface area (Å²) in [4.78, 5) is 28.1. The molecule has 4 rings (SSSR count). The Balaban J connectivity index is 1.31. The first kappa shape index (κ1) is 31.1. The summed E-state index contributed by atoms with van der Waals surface area (Å²) in [6.07, 6.45) is 5.53. The molecule has 1 atom stereocenters. The molecule has 1 fully saturated rings. The number of amides is 2. The van der Waals surface area contributed by atoms with Gasteiger partial charge in [-0.05, 0) is 92.4 Å². The number of carbonyl (C=O) groups excluding carboxylic acids is 2. The van der Waals surface area contributed by atoms with E-state index in [9.17, 15) is 9.59 Å². The van der Waals surface area contributed by atoms with Gasteiger partial charge in [0.25, 0.3) is 5.91 Å². The molecule has 0 spiro atoms. The Hall–Kier alpha value is -3.84. The quantitative estimate of drug-likeness (QED) is 0.233. The van der Waals surface area contributed by atoms with E-state index in [1.54, 1.807) is 4.90 Å². The highest BCUT2D eigenvalue weighted by Gasteiger charge is 2.31. The van der Waals surface area contributed by atoms with Crippen LogP contribution in [0.3, 0.4) is 0 Å². The Morgan fingerprint density at radius 3 is 2.52 bits per heavy atom. The third-order valence-corrected chi connectivity index (χ3v) is 7.53. The lowest BCUT2D eigenvalue weighted by molar-refractivity contribution is -0.142. The average molecular weight is 572 g/mol. The molecule has 3 aromatic rings. The van der Waals surface area contributed by atoms with Gasteiger partial charge >= 0.3 is 0 Å². The van der Waals surface area contributed by atoms with Crippen molar-refractivity contribution >= 4 is 11.8 Å². The maximum absolute atomic E-state index is 13.5. The summed E-state index contributed by atoms with van der Waals surface area (Å²) in [6, 6.07) is 23.8. The monoisotopic (exact) mass is 571 g/mol. The fourth-order valence-corrected chi connectivity index (χ4v) is 5.20. The Bertz CT molecular complexity index is 1260. The summed E-state index contributed by atoms with van der Waals surface area (Å²) in [7, 11) is 0. The van der Waals surface area contributed by atoms with Crippen LogP contribution < -0.4 is 20.1 Å². The summed E-state index contributed by atoms with van der Waals surface area (Å²) >= 11 is 0. The molecule has 2 amide bonds. The third kappa shape index (κ3) is 9.62. The van der Waals surface area contributed by atoms with Crippen molar-refractivity contribution in [3.8, 4) is 11.5 Å². The van der Waals surface area contributed by atoms with Crippen LogP contribution >= 0.6 is 0 Å². The van der Waals surface area contributed by atoms with E-state index >= 15 is 0 Å². The van der Waals surface area contributed by atoms with E-state index in [4.69, 9.17) is 9.47 Å². The minimum atomic E-state index is -0.518. The molecular formula is C35H45N3O4. The minimum absolute atomic E-state index is 0.0962. The maximum Gasteiger partial charge on any atom is 0.261 e. The second-order valence-corrected chi connectivity index (χ2v) is 11.0. The fraction of sp³-hybridized carbons (Fsp3) is 0.429. The SMILES string of the molecule is CCCOc1ccc(CN(C(=O)COc2ccc(CNCCCc3ccccc3)cc2)C2CCCCNC2=O)cc1C. The molecule has 7 nitrogen and oxygen atoms in total. The number of hydrogen-bond acceptors (Lipinski definition) is 5. The number of benzene rings is 3. The highest BCUT2D eigenvalue weighted by molar-refractivity contribution is 5.88. The molecule has 1 aliphatic rings. The van der Waals surface area contributed by atoms with Gasteiger partial charge in [0.1, 0.15) is 17.5 Å². The van der Waals surface area contributed by atoms with Gasteiger partial charge in [0, 0.05) is 19.6 Å². The van der Waals surface area contributed by atoms with Crippen molar-refractivity contribution in [3.05, 3.63) is 95.1 Å². The molecule has 1 saturated heterocycles. The van der Waals surface area contributed by atoms with Crippen molar-refractivity contribution in [1.29, 1.82) is 0 Å². The number of carbonyl (C=O) groups is 2. The van der Waals surface area contributed by atoms with Gasteiger partial charge in [0.15, 0.2) is 6.61 Å². The van der Waals surface area contributed by atoms with E-state index in [0.717, 1.165) is 67.6 Å². The van der Waals surface area contributed by atoms with E-state index in [1.807, 2.05) is 55.5 Å². The number of nitrogens with one attached hydrogen (secondary N) is 2. The molecule has 2 N–H and O–H groups in total. The molecule has 0 saturated carbocycles. The molecule has 1 aliphatic heterocycles. The molecule has 1 unspecified atom stereocenters. The van der Waals surface area contributed by atoms with Crippen LogP contribution in [0.1, 0.15) is 61.3 Å². The van der Waals surface area contributed by atoms with E-state index < -0.39 is 6.04 Å². The Labute approximate surface area is 250 Å². The van der Waals surface area contributed by atoms with Gasteiger partial charge in [-0.2, -0.15) is 0 Å². The lowest BCUT2D eigenvalue weighted by atomic mass is 10.1. The van der Waals surface area contributed by atoms with Gasteiger partial charge in [0.05, 0.1) is 6.61 Å². The average Bonchev–Trinajstić information content (AvgIpc) is 3.23. The molecule has 7 heteroatoms. The van der Waals surface area contributed by atoms with Gasteiger partial charge in [0.2, 0.25) is 5.91 Å². The molecule has 224 valence electrons. The highest BCUT2D eigenvalue weighted by atomic mass is 16.5. The minimum Gasteiger partial charge on any atom is -0.493 e. The van der Waals surface area contributed by atoms with Crippen molar-refractivity contribution in [2.45, 2.75) is 71.5 Å². The molecular weight excluding hydrogens is 526 g/mol. The summed E-state index contributed by atoms with van der Waals surface area (Å²) < 4.78 is 11.7. The van der Waals surface area contributed by atoms with Crippen molar-refractivity contribution < 1.29 is 19.1 Å². The van der Waals surface area contributed by atoms with E-state index in [-0.39, 0.29) is 18.4 Å². The molecule has 0 aromatic heterocycles. The van der Waals surface area contributed by atoms with Crippen LogP contribution in [0.2, 0.25) is 0 Å². The first-order valence-corrected chi connectivity index (χ1v) is 15.3. The Kier molecular flexibility index (Phi) is 12.3. The van der Waals surface area contributed by atoms with Crippen LogP contribution in [0.4, 0.5) is 0 Å². The molecule has 0 bridgehead atoms. The zero-order valence-corrected chi connectivity index (χ0v) is 25.1. The predicted octanol–water partition coefficient (Wildman–Crippen LogP) is 5.58. The summed E-state index contributed by atoms with van der Waals surface area (Å²) in [5.74, 6) is 1.18. The van der Waals surface area contributed by atoms with Crippen LogP contribution in [0.15, 0.2) is 72.8 Å². The van der Waals surface area contributed by atoms with Crippen LogP contribution in [0, 0.1) is 6.92 Å². The zero-order chi connectivity index (χ0) is 29.6. The Morgan fingerprint density at radius 2 is 1.76 bits per heavy atom. The summed E-state index contributed by atoms with van der Waals surface area (Å²) in [5.41, 5.74) is 4.49. The number of hydrogen-bond donors (Lipinski definition) is 2. The lowest BCUT2D eigenvalue weighted by Gasteiger charge is -2.30. The molecule has 3 aromatic carbocycles. The van der Waals surface area contributed by atoms with Gasteiger partial charge in [-0.3, -0.25) is 9.59 Å². The van der Waals surface area contributed by atoms with E-state index in [0.29, 0.717) is 31.9 Å². The van der Waals surface area contributed by atoms with Crippen molar-refractivity contribution in [3.63, 3.8) is 0 Å². The molecule has 1 heterocycles. The van der Waals surface area contributed by atoms with Crippen LogP contribution in [0.5, 0.6) is 11.5 Å². The second kappa shape index (κ2) is 16.6. The molecule has 42 heavy (non-hydrogen) atoms. The Morgan fingerprint density at radius 1 is 0.976 bits per heavy atom. The van der Waals surface area contributed by atoms with E-state index in [2.05, 4.69) is 41.8 Å². The summed E-state index contributed by atoms with van der Waals surface area (Å²) in [6.45, 7) is 7.32. The first-order chi connectivity index (χ1) is 20.5. The van der Waals surface area contributed by atoms with Crippen LogP contribution in [0.25, 0.3) is 0 Å². The number of rotatable bonds is 15. The topological polar surface area (TPSA) is 79.9 Å². The van der Waals surface area contributed by atoms with Gasteiger partial charge in [-0.15, -0.1) is 0 Å². The van der Waals surface area contributed by atoms with E-state index in [1.165, 1.54) is 5.56 Å². The number of nitrogens with zero attached hydrogens (tertiary/aromatic N) is 1. The first-order valence-electron chi connectivity index (χ1n) is 15.3. The lowest BCUT2D eigenvalue weighted by Crippen LogP contribution is -2.49. The second-order valence-electron chi connectivity index (χ2n) is 11.0. The standard InChI is InChI=1S/C35H45N3O4/c1-3-22-41-33-19-16-30(23-27(33)2)25-38(32-13-7-8-21-37-35(32)40)34(39)26-42-31-17-14-29(15-18-31)24-36-20-9-12-28-10-5-4-6-11-28/h4-6,10-11,14-19,23,32,36H,3,7-9,12-13,20-22,24-26H2,1-2H3,(H,37,40). The third-order valence-electron chi connectivity index (χ3n) is 7.53. The van der Waals surface area contributed by atoms with Crippen LogP contribution in [-0.4, -0.2) is 49.1 Å². The molecule has 0 radical (unpaired) electrons. The number of ether oxygens (including phenoxy) is 2. The molecule has 0 aliphatic carbocycles. The van der Waals surface area contributed by atoms with Crippen molar-refractivity contribution in [2.24, 2.45) is 0 Å². The van der Waals surface area contributed by atoms with Gasteiger partial charge in [-0.25, -0.2) is 0 Å². The van der Waals surface area contributed by atoms with Gasteiger partial charge in [-0.1, -0.05) is 61.5 Å². The zero-order valence-electron chi connectivity index (χ0n) is 25.1.